The molecule has 0 aliphatic heterocycles. The van der Waals surface area contributed by atoms with Crippen molar-refractivity contribution in [3.63, 3.8) is 0 Å². The first-order valence-electron chi connectivity index (χ1n) is 7.94. The fourth-order valence-corrected chi connectivity index (χ4v) is 3.69. The predicted octanol–water partition coefficient (Wildman–Crippen LogP) is 4.39. The number of nitriles is 1. The molecule has 1 aromatic rings. The Bertz CT molecular complexity index is 510. The molecule has 0 radical (unpaired) electrons. The standard InChI is InChI=1S/C18H25FN2/c1-14(2)10-18(7-3-4-8-18)13-21-12-16-9-15(11-20)5-6-17(16)19/h5-6,9,14,21H,3-4,7-8,10,12-13H2,1-2H3. The second-order valence-corrected chi connectivity index (χ2v) is 6.83. The largest absolute Gasteiger partial charge is 0.312 e. The van der Waals surface area contributed by atoms with E-state index < -0.39 is 0 Å². The molecule has 0 aromatic heterocycles. The van der Waals surface area contributed by atoms with E-state index in [1.54, 1.807) is 6.07 Å². The van der Waals surface area contributed by atoms with E-state index in [-0.39, 0.29) is 5.82 Å². The topological polar surface area (TPSA) is 35.8 Å². The van der Waals surface area contributed by atoms with Gasteiger partial charge in [0, 0.05) is 18.7 Å². The number of hydrogen-bond acceptors (Lipinski definition) is 2. The average molecular weight is 288 g/mol. The smallest absolute Gasteiger partial charge is 0.127 e. The summed E-state index contributed by atoms with van der Waals surface area (Å²) in [5.74, 6) is 0.467. The first-order valence-corrected chi connectivity index (χ1v) is 7.94. The van der Waals surface area contributed by atoms with Crippen LogP contribution in [0.5, 0.6) is 0 Å². The first-order chi connectivity index (χ1) is 10.0. The summed E-state index contributed by atoms with van der Waals surface area (Å²) < 4.78 is 13.8. The van der Waals surface area contributed by atoms with Crippen LogP contribution in [-0.4, -0.2) is 6.54 Å². The Labute approximate surface area is 127 Å². The summed E-state index contributed by atoms with van der Waals surface area (Å²) in [6, 6.07) is 6.62. The van der Waals surface area contributed by atoms with E-state index in [0.717, 1.165) is 6.54 Å². The molecule has 1 N–H and O–H groups in total. The summed E-state index contributed by atoms with van der Waals surface area (Å²) in [6.07, 6.45) is 6.41. The maximum Gasteiger partial charge on any atom is 0.127 e. The highest BCUT2D eigenvalue weighted by Gasteiger charge is 2.33. The van der Waals surface area contributed by atoms with Crippen LogP contribution in [0.15, 0.2) is 18.2 Å². The van der Waals surface area contributed by atoms with Gasteiger partial charge in [0.1, 0.15) is 5.82 Å². The fraction of sp³-hybridized carbons (Fsp3) is 0.611. The third kappa shape index (κ3) is 4.28. The van der Waals surface area contributed by atoms with Crippen LogP contribution < -0.4 is 5.32 Å². The van der Waals surface area contributed by atoms with E-state index in [1.165, 1.54) is 44.2 Å². The van der Waals surface area contributed by atoms with E-state index >= 15 is 0 Å². The summed E-state index contributed by atoms with van der Waals surface area (Å²) in [5.41, 5.74) is 1.50. The SMILES string of the molecule is CC(C)CC1(CNCc2cc(C#N)ccc2F)CCCC1. The van der Waals surface area contributed by atoms with Gasteiger partial charge in [-0.25, -0.2) is 4.39 Å². The van der Waals surface area contributed by atoms with Crippen LogP contribution in [0.2, 0.25) is 0 Å². The van der Waals surface area contributed by atoms with Crippen molar-refractivity contribution in [3.05, 3.63) is 35.1 Å². The minimum absolute atomic E-state index is 0.231. The highest BCUT2D eigenvalue weighted by Crippen LogP contribution is 2.42. The van der Waals surface area contributed by atoms with Gasteiger partial charge in [0.15, 0.2) is 0 Å². The van der Waals surface area contributed by atoms with Crippen molar-refractivity contribution in [1.82, 2.24) is 5.32 Å². The molecule has 0 heterocycles. The van der Waals surface area contributed by atoms with Gasteiger partial charge in [-0.3, -0.25) is 0 Å². The van der Waals surface area contributed by atoms with Crippen LogP contribution in [0.4, 0.5) is 4.39 Å². The molecule has 1 aromatic carbocycles. The lowest BCUT2D eigenvalue weighted by atomic mass is 9.78. The zero-order chi connectivity index (χ0) is 15.3. The van der Waals surface area contributed by atoms with Crippen LogP contribution in [-0.2, 0) is 6.54 Å². The minimum Gasteiger partial charge on any atom is -0.312 e. The molecule has 0 amide bonds. The molecule has 1 aliphatic rings. The Morgan fingerprint density at radius 3 is 2.67 bits per heavy atom. The number of rotatable bonds is 6. The molecule has 21 heavy (non-hydrogen) atoms. The monoisotopic (exact) mass is 288 g/mol. The maximum absolute atomic E-state index is 13.8. The lowest BCUT2D eigenvalue weighted by Crippen LogP contribution is -2.33. The summed E-state index contributed by atoms with van der Waals surface area (Å²) in [5, 5.41) is 12.3. The van der Waals surface area contributed by atoms with Crippen molar-refractivity contribution in [2.75, 3.05) is 6.54 Å². The van der Waals surface area contributed by atoms with Crippen molar-refractivity contribution >= 4 is 0 Å². The van der Waals surface area contributed by atoms with E-state index in [0.29, 0.717) is 29.0 Å². The zero-order valence-electron chi connectivity index (χ0n) is 13.1. The molecule has 1 saturated carbocycles. The van der Waals surface area contributed by atoms with Gasteiger partial charge >= 0.3 is 0 Å². The number of benzene rings is 1. The van der Waals surface area contributed by atoms with E-state index in [1.807, 2.05) is 0 Å². The van der Waals surface area contributed by atoms with E-state index in [2.05, 4.69) is 25.2 Å². The Morgan fingerprint density at radius 1 is 1.33 bits per heavy atom. The molecular formula is C18H25FN2. The third-order valence-corrected chi connectivity index (χ3v) is 4.50. The van der Waals surface area contributed by atoms with Crippen molar-refractivity contribution in [3.8, 4) is 6.07 Å². The molecule has 1 aliphatic carbocycles. The highest BCUT2D eigenvalue weighted by molar-refractivity contribution is 5.33. The van der Waals surface area contributed by atoms with Gasteiger partial charge in [0.05, 0.1) is 11.6 Å². The predicted molar refractivity (Wildman–Crippen MR) is 83.2 cm³/mol. The molecule has 2 rings (SSSR count). The second kappa shape index (κ2) is 7.04. The molecule has 1 fully saturated rings. The lowest BCUT2D eigenvalue weighted by molar-refractivity contribution is 0.223. The second-order valence-electron chi connectivity index (χ2n) is 6.83. The lowest BCUT2D eigenvalue weighted by Gasteiger charge is -2.31. The Hall–Kier alpha value is -1.40. The van der Waals surface area contributed by atoms with Gasteiger partial charge in [-0.2, -0.15) is 5.26 Å². The van der Waals surface area contributed by atoms with Gasteiger partial charge in [-0.15, -0.1) is 0 Å². The van der Waals surface area contributed by atoms with E-state index in [4.69, 9.17) is 5.26 Å². The molecule has 3 heteroatoms. The maximum atomic E-state index is 13.8. The Balaban J connectivity index is 1.95. The molecule has 0 saturated heterocycles. The highest BCUT2D eigenvalue weighted by atomic mass is 19.1. The molecule has 0 bridgehead atoms. The molecular weight excluding hydrogens is 263 g/mol. The molecule has 0 unspecified atom stereocenters. The number of nitrogens with zero attached hydrogens (tertiary/aromatic N) is 1. The normalized spacial score (nSPS) is 17.1. The summed E-state index contributed by atoms with van der Waals surface area (Å²) in [6.45, 7) is 5.99. The zero-order valence-corrected chi connectivity index (χ0v) is 13.1. The van der Waals surface area contributed by atoms with E-state index in [9.17, 15) is 4.39 Å². The Morgan fingerprint density at radius 2 is 2.05 bits per heavy atom. The quantitative estimate of drug-likeness (QED) is 0.842. The van der Waals surface area contributed by atoms with Crippen LogP contribution in [0.3, 0.4) is 0 Å². The summed E-state index contributed by atoms with van der Waals surface area (Å²) in [7, 11) is 0. The Kier molecular flexibility index (Phi) is 5.36. The fourth-order valence-electron chi connectivity index (χ4n) is 3.69. The minimum atomic E-state index is -0.231. The number of hydrogen-bond donors (Lipinski definition) is 1. The van der Waals surface area contributed by atoms with Crippen LogP contribution in [0.1, 0.15) is 57.1 Å². The van der Waals surface area contributed by atoms with Gasteiger partial charge in [-0.1, -0.05) is 26.7 Å². The first kappa shape index (κ1) is 16.0. The molecule has 114 valence electrons. The summed E-state index contributed by atoms with van der Waals surface area (Å²) in [4.78, 5) is 0. The molecule has 2 nitrogen and oxygen atoms in total. The van der Waals surface area contributed by atoms with Crippen LogP contribution >= 0.6 is 0 Å². The van der Waals surface area contributed by atoms with Crippen molar-refractivity contribution < 1.29 is 4.39 Å². The van der Waals surface area contributed by atoms with Crippen LogP contribution in [0.25, 0.3) is 0 Å². The van der Waals surface area contributed by atoms with Crippen molar-refractivity contribution in [2.24, 2.45) is 11.3 Å². The van der Waals surface area contributed by atoms with Crippen LogP contribution in [0, 0.1) is 28.5 Å². The third-order valence-electron chi connectivity index (χ3n) is 4.50. The number of halogens is 1. The van der Waals surface area contributed by atoms with Crippen molar-refractivity contribution in [1.29, 1.82) is 5.26 Å². The van der Waals surface area contributed by atoms with Gasteiger partial charge in [0.25, 0.3) is 0 Å². The molecule has 0 atom stereocenters. The number of nitrogens with one attached hydrogen (secondary N) is 1. The molecule has 0 spiro atoms. The van der Waals surface area contributed by atoms with Gasteiger partial charge in [0.2, 0.25) is 0 Å². The average Bonchev–Trinajstić information content (AvgIpc) is 2.88. The summed E-state index contributed by atoms with van der Waals surface area (Å²) >= 11 is 0. The van der Waals surface area contributed by atoms with Crippen molar-refractivity contribution in [2.45, 2.75) is 52.5 Å². The van der Waals surface area contributed by atoms with Gasteiger partial charge in [-0.05, 0) is 48.8 Å². The van der Waals surface area contributed by atoms with Gasteiger partial charge < -0.3 is 5.32 Å².